The molecule has 0 aliphatic rings. The van der Waals surface area contributed by atoms with Crippen LogP contribution in [-0.4, -0.2) is 5.91 Å². The van der Waals surface area contributed by atoms with Crippen molar-refractivity contribution in [2.24, 2.45) is 0 Å². The zero-order chi connectivity index (χ0) is 15.4. The Kier molecular flexibility index (Phi) is 4.66. The molecular formula is C17H17ClN2O. The molecule has 0 heterocycles. The van der Waals surface area contributed by atoms with Crippen molar-refractivity contribution < 1.29 is 4.79 Å². The number of aryl methyl sites for hydroxylation is 2. The number of carbonyl (C=O) groups is 1. The second-order valence-electron chi connectivity index (χ2n) is 4.92. The summed E-state index contributed by atoms with van der Waals surface area (Å²) in [5.74, 6) is -0.183. The minimum atomic E-state index is -0.183. The van der Waals surface area contributed by atoms with Crippen molar-refractivity contribution in [2.45, 2.75) is 13.8 Å². The van der Waals surface area contributed by atoms with E-state index in [0.29, 0.717) is 10.7 Å². The lowest BCUT2D eigenvalue weighted by Gasteiger charge is -2.07. The van der Waals surface area contributed by atoms with Crippen molar-refractivity contribution in [1.29, 1.82) is 0 Å². The molecule has 0 fully saturated rings. The lowest BCUT2D eigenvalue weighted by atomic mass is 10.1. The first-order chi connectivity index (χ1) is 9.95. The van der Waals surface area contributed by atoms with E-state index in [9.17, 15) is 4.79 Å². The molecule has 0 saturated carbocycles. The largest absolute Gasteiger partial charge is 0.398 e. The highest BCUT2D eigenvalue weighted by Gasteiger charge is 2.02. The van der Waals surface area contributed by atoms with Crippen LogP contribution in [-0.2, 0) is 4.79 Å². The van der Waals surface area contributed by atoms with E-state index < -0.39 is 0 Å². The maximum atomic E-state index is 11.9. The molecule has 2 aromatic carbocycles. The van der Waals surface area contributed by atoms with E-state index in [1.807, 2.05) is 32.0 Å². The van der Waals surface area contributed by atoms with Crippen molar-refractivity contribution in [1.82, 2.24) is 0 Å². The van der Waals surface area contributed by atoms with Crippen LogP contribution in [0.15, 0.2) is 42.5 Å². The first-order valence-electron chi connectivity index (χ1n) is 6.57. The molecule has 3 nitrogen and oxygen atoms in total. The van der Waals surface area contributed by atoms with Crippen molar-refractivity contribution in [3.63, 3.8) is 0 Å². The average Bonchev–Trinajstić information content (AvgIpc) is 2.44. The number of benzene rings is 2. The zero-order valence-corrected chi connectivity index (χ0v) is 12.7. The van der Waals surface area contributed by atoms with E-state index >= 15 is 0 Å². The van der Waals surface area contributed by atoms with Gasteiger partial charge in [-0.25, -0.2) is 0 Å². The summed E-state index contributed by atoms with van der Waals surface area (Å²) in [6, 6.07) is 11.2. The van der Waals surface area contributed by atoms with Crippen LogP contribution in [0.1, 0.15) is 16.7 Å². The van der Waals surface area contributed by atoms with Gasteiger partial charge in [0.15, 0.2) is 0 Å². The Morgan fingerprint density at radius 2 is 1.95 bits per heavy atom. The molecule has 0 aromatic heterocycles. The number of nitrogens with two attached hydrogens (primary N) is 1. The molecule has 108 valence electrons. The first-order valence-corrected chi connectivity index (χ1v) is 6.95. The number of amides is 1. The quantitative estimate of drug-likeness (QED) is 0.659. The fraction of sp³-hybridized carbons (Fsp3) is 0.118. The summed E-state index contributed by atoms with van der Waals surface area (Å²) < 4.78 is 0. The zero-order valence-electron chi connectivity index (χ0n) is 12.0. The number of hydrogen-bond acceptors (Lipinski definition) is 2. The number of hydrogen-bond donors (Lipinski definition) is 2. The molecule has 2 rings (SSSR count). The lowest BCUT2D eigenvalue weighted by Crippen LogP contribution is -2.09. The summed E-state index contributed by atoms with van der Waals surface area (Å²) in [5.41, 5.74) is 9.99. The van der Waals surface area contributed by atoms with Gasteiger partial charge >= 0.3 is 0 Å². The second kappa shape index (κ2) is 6.46. The molecule has 0 bridgehead atoms. The third-order valence-corrected chi connectivity index (χ3v) is 3.44. The maximum absolute atomic E-state index is 11.9. The number of halogens is 1. The number of carbonyl (C=O) groups excluding carboxylic acids is 1. The molecule has 2 aromatic rings. The van der Waals surface area contributed by atoms with Crippen molar-refractivity contribution in [3.05, 3.63) is 64.2 Å². The highest BCUT2D eigenvalue weighted by Crippen LogP contribution is 2.20. The Labute approximate surface area is 129 Å². The molecule has 0 spiro atoms. The van der Waals surface area contributed by atoms with Crippen molar-refractivity contribution >= 4 is 35.0 Å². The number of anilines is 2. The van der Waals surface area contributed by atoms with Gasteiger partial charge in [0, 0.05) is 11.8 Å². The average molecular weight is 301 g/mol. The second-order valence-corrected chi connectivity index (χ2v) is 5.33. The van der Waals surface area contributed by atoms with E-state index in [0.717, 1.165) is 22.4 Å². The van der Waals surface area contributed by atoms with Gasteiger partial charge in [-0.1, -0.05) is 29.8 Å². The molecule has 0 saturated heterocycles. The van der Waals surface area contributed by atoms with Crippen LogP contribution in [0.3, 0.4) is 0 Å². The standard InChI is InChI=1S/C17H17ClN2O/c1-11-3-4-12(2)16(9-11)20-17(21)8-6-13-5-7-14(18)15(19)10-13/h3-10H,19H2,1-2H3,(H,20,21)/b8-6+. The fourth-order valence-corrected chi connectivity index (χ4v) is 2.00. The van der Waals surface area contributed by atoms with E-state index in [1.165, 1.54) is 6.08 Å². The van der Waals surface area contributed by atoms with Gasteiger partial charge < -0.3 is 11.1 Å². The van der Waals surface area contributed by atoms with Crippen molar-refractivity contribution in [2.75, 3.05) is 11.1 Å². The van der Waals surface area contributed by atoms with Crippen LogP contribution in [0.5, 0.6) is 0 Å². The van der Waals surface area contributed by atoms with Crippen molar-refractivity contribution in [3.8, 4) is 0 Å². The predicted molar refractivity (Wildman–Crippen MR) is 89.4 cm³/mol. The summed E-state index contributed by atoms with van der Waals surface area (Å²) >= 11 is 5.85. The fourth-order valence-electron chi connectivity index (χ4n) is 1.88. The summed E-state index contributed by atoms with van der Waals surface area (Å²) in [6.45, 7) is 3.94. The van der Waals surface area contributed by atoms with Gasteiger partial charge in [-0.3, -0.25) is 4.79 Å². The number of rotatable bonds is 3. The van der Waals surface area contributed by atoms with Gasteiger partial charge in [-0.15, -0.1) is 0 Å². The van der Waals surface area contributed by atoms with E-state index in [4.69, 9.17) is 17.3 Å². The van der Waals surface area contributed by atoms with E-state index in [-0.39, 0.29) is 5.91 Å². The molecule has 0 aliphatic carbocycles. The van der Waals surface area contributed by atoms with E-state index in [1.54, 1.807) is 24.3 Å². The molecule has 0 unspecified atom stereocenters. The molecule has 0 aliphatic heterocycles. The number of nitrogens with one attached hydrogen (secondary N) is 1. The first kappa shape index (κ1) is 15.1. The molecule has 4 heteroatoms. The van der Waals surface area contributed by atoms with E-state index in [2.05, 4.69) is 5.32 Å². The van der Waals surface area contributed by atoms with Crippen LogP contribution in [0.4, 0.5) is 11.4 Å². The minimum Gasteiger partial charge on any atom is -0.398 e. The minimum absolute atomic E-state index is 0.183. The lowest BCUT2D eigenvalue weighted by molar-refractivity contribution is -0.111. The van der Waals surface area contributed by atoms with Gasteiger partial charge in [0.2, 0.25) is 5.91 Å². The van der Waals surface area contributed by atoms with Gasteiger partial charge in [0.1, 0.15) is 0 Å². The summed E-state index contributed by atoms with van der Waals surface area (Å²) in [5, 5.41) is 3.37. The van der Waals surface area contributed by atoms with Gasteiger partial charge in [0.05, 0.1) is 10.7 Å². The topological polar surface area (TPSA) is 55.1 Å². The van der Waals surface area contributed by atoms with Crippen LogP contribution in [0, 0.1) is 13.8 Å². The molecule has 21 heavy (non-hydrogen) atoms. The monoisotopic (exact) mass is 300 g/mol. The van der Waals surface area contributed by atoms with Gasteiger partial charge in [-0.05, 0) is 54.8 Å². The Hall–Kier alpha value is -2.26. The van der Waals surface area contributed by atoms with Gasteiger partial charge in [-0.2, -0.15) is 0 Å². The molecule has 0 atom stereocenters. The van der Waals surface area contributed by atoms with Crippen LogP contribution >= 0.6 is 11.6 Å². The normalized spacial score (nSPS) is 10.8. The summed E-state index contributed by atoms with van der Waals surface area (Å²) in [7, 11) is 0. The summed E-state index contributed by atoms with van der Waals surface area (Å²) in [6.07, 6.45) is 3.18. The Bertz CT molecular complexity index is 708. The Balaban J connectivity index is 2.09. The molecular weight excluding hydrogens is 284 g/mol. The smallest absolute Gasteiger partial charge is 0.248 e. The van der Waals surface area contributed by atoms with Crippen LogP contribution < -0.4 is 11.1 Å². The van der Waals surface area contributed by atoms with Gasteiger partial charge in [0.25, 0.3) is 0 Å². The third-order valence-electron chi connectivity index (χ3n) is 3.10. The highest BCUT2D eigenvalue weighted by atomic mass is 35.5. The summed E-state index contributed by atoms with van der Waals surface area (Å²) in [4.78, 5) is 11.9. The predicted octanol–water partition coefficient (Wildman–Crippen LogP) is 4.19. The van der Waals surface area contributed by atoms with Crippen LogP contribution in [0.25, 0.3) is 6.08 Å². The molecule has 0 radical (unpaired) electrons. The molecule has 1 amide bonds. The maximum Gasteiger partial charge on any atom is 0.248 e. The Morgan fingerprint density at radius 3 is 2.67 bits per heavy atom. The highest BCUT2D eigenvalue weighted by molar-refractivity contribution is 6.33. The number of nitrogen functional groups attached to an aromatic ring is 1. The SMILES string of the molecule is Cc1ccc(C)c(NC(=O)/C=C/c2ccc(Cl)c(N)c2)c1. The van der Waals surface area contributed by atoms with Crippen LogP contribution in [0.2, 0.25) is 5.02 Å². The third kappa shape index (κ3) is 4.10. The molecule has 3 N–H and O–H groups in total. The Morgan fingerprint density at radius 1 is 1.19 bits per heavy atom.